The van der Waals surface area contributed by atoms with Crippen molar-refractivity contribution in [2.75, 3.05) is 0 Å². The molecule has 118 valence electrons. The van der Waals surface area contributed by atoms with Gasteiger partial charge < -0.3 is 11.5 Å². The van der Waals surface area contributed by atoms with Gasteiger partial charge in [0, 0.05) is 21.2 Å². The lowest BCUT2D eigenvalue weighted by Gasteiger charge is -2.01. The van der Waals surface area contributed by atoms with E-state index in [0.717, 1.165) is 27.6 Å². The van der Waals surface area contributed by atoms with E-state index in [2.05, 4.69) is 21.5 Å². The summed E-state index contributed by atoms with van der Waals surface area (Å²) in [7, 11) is 0. The molecule has 0 amide bonds. The Balaban J connectivity index is 2.22. The first-order chi connectivity index (χ1) is 11.0. The Kier molecular flexibility index (Phi) is 4.06. The molecule has 23 heavy (non-hydrogen) atoms. The second-order valence-electron chi connectivity index (χ2n) is 4.98. The predicted molar refractivity (Wildman–Crippen MR) is 96.4 cm³/mol. The van der Waals surface area contributed by atoms with Crippen molar-refractivity contribution < 1.29 is 0 Å². The lowest BCUT2D eigenvalue weighted by molar-refractivity contribution is 1.09. The fourth-order valence-corrected chi connectivity index (χ4v) is 3.36. The molecule has 0 atom stereocenters. The Morgan fingerprint density at radius 2 is 1.96 bits per heavy atom. The fraction of sp³-hybridized carbons (Fsp3) is 0.133. The van der Waals surface area contributed by atoms with Crippen LogP contribution in [0.5, 0.6) is 0 Å². The van der Waals surface area contributed by atoms with E-state index < -0.39 is 0 Å². The Morgan fingerprint density at radius 3 is 2.61 bits per heavy atom. The predicted octanol–water partition coefficient (Wildman–Crippen LogP) is 2.94. The zero-order valence-electron chi connectivity index (χ0n) is 12.6. The maximum absolute atomic E-state index is 5.97. The lowest BCUT2D eigenvalue weighted by atomic mass is 10.1. The van der Waals surface area contributed by atoms with Crippen LogP contribution in [0.1, 0.15) is 16.3 Å². The molecule has 8 heteroatoms. The van der Waals surface area contributed by atoms with Gasteiger partial charge in [-0.05, 0) is 26.0 Å². The van der Waals surface area contributed by atoms with Gasteiger partial charge in [0.25, 0.3) is 0 Å². The van der Waals surface area contributed by atoms with Crippen molar-refractivity contribution in [1.29, 1.82) is 0 Å². The fourth-order valence-electron chi connectivity index (χ4n) is 2.26. The number of fused-ring (bicyclic) bond motifs is 1. The van der Waals surface area contributed by atoms with E-state index in [1.165, 1.54) is 4.88 Å². The van der Waals surface area contributed by atoms with E-state index in [-0.39, 0.29) is 5.96 Å². The SMILES string of the molecule is Cc1sc2nc(-c3ccc(Cl)cc3)c(/C=N\N=C(N)N)n2c1C. The molecule has 0 saturated carbocycles. The third-order valence-corrected chi connectivity index (χ3v) is 4.75. The zero-order chi connectivity index (χ0) is 16.6. The first-order valence-electron chi connectivity index (χ1n) is 6.83. The van der Waals surface area contributed by atoms with Crippen LogP contribution in [0.4, 0.5) is 0 Å². The van der Waals surface area contributed by atoms with Gasteiger partial charge in [0.15, 0.2) is 4.96 Å². The van der Waals surface area contributed by atoms with Gasteiger partial charge in [0.2, 0.25) is 5.96 Å². The van der Waals surface area contributed by atoms with Crippen LogP contribution in [-0.2, 0) is 0 Å². The van der Waals surface area contributed by atoms with Gasteiger partial charge in [-0.15, -0.1) is 16.4 Å². The molecule has 0 fully saturated rings. The molecule has 0 bridgehead atoms. The van der Waals surface area contributed by atoms with E-state index in [1.54, 1.807) is 17.6 Å². The van der Waals surface area contributed by atoms with Gasteiger partial charge in [0.1, 0.15) is 0 Å². The number of thiazole rings is 1. The molecule has 4 N–H and O–H groups in total. The maximum atomic E-state index is 5.97. The Bertz CT molecular complexity index is 916. The average molecular weight is 347 g/mol. The smallest absolute Gasteiger partial charge is 0.211 e. The second-order valence-corrected chi connectivity index (χ2v) is 6.60. The number of halogens is 1. The van der Waals surface area contributed by atoms with Crippen LogP contribution in [0.3, 0.4) is 0 Å². The van der Waals surface area contributed by atoms with Crippen molar-refractivity contribution in [2.45, 2.75) is 13.8 Å². The number of hydrogen-bond donors (Lipinski definition) is 2. The number of guanidine groups is 1. The highest BCUT2D eigenvalue weighted by atomic mass is 35.5. The summed E-state index contributed by atoms with van der Waals surface area (Å²) in [6.07, 6.45) is 1.61. The first-order valence-corrected chi connectivity index (χ1v) is 8.03. The van der Waals surface area contributed by atoms with Gasteiger partial charge in [-0.3, -0.25) is 4.40 Å². The minimum Gasteiger partial charge on any atom is -0.369 e. The van der Waals surface area contributed by atoms with Gasteiger partial charge in [-0.25, -0.2) is 4.98 Å². The van der Waals surface area contributed by atoms with Crippen molar-refractivity contribution in [3.05, 3.63) is 45.6 Å². The summed E-state index contributed by atoms with van der Waals surface area (Å²) in [6.45, 7) is 4.11. The summed E-state index contributed by atoms with van der Waals surface area (Å²) >= 11 is 7.60. The highest BCUT2D eigenvalue weighted by molar-refractivity contribution is 7.17. The zero-order valence-corrected chi connectivity index (χ0v) is 14.2. The molecule has 0 aliphatic rings. The molecule has 0 radical (unpaired) electrons. The lowest BCUT2D eigenvalue weighted by Crippen LogP contribution is -2.21. The van der Waals surface area contributed by atoms with Crippen LogP contribution >= 0.6 is 22.9 Å². The number of imidazole rings is 1. The molecule has 2 aromatic heterocycles. The van der Waals surface area contributed by atoms with Gasteiger partial charge in [-0.1, -0.05) is 23.7 Å². The topological polar surface area (TPSA) is 94.1 Å². The van der Waals surface area contributed by atoms with E-state index in [0.29, 0.717) is 5.02 Å². The standard InChI is InChI=1S/C15H15ClN6S/c1-8-9(2)23-15-20-13(10-3-5-11(16)6-4-10)12(22(8)15)7-19-21-14(17)18/h3-7H,1-2H3,(H4,17,18,21)/b19-7-. The van der Waals surface area contributed by atoms with E-state index in [9.17, 15) is 0 Å². The number of aromatic nitrogens is 2. The highest BCUT2D eigenvalue weighted by Crippen LogP contribution is 2.30. The average Bonchev–Trinajstić information content (AvgIpc) is 2.98. The summed E-state index contributed by atoms with van der Waals surface area (Å²) in [6, 6.07) is 7.52. The quantitative estimate of drug-likeness (QED) is 0.433. The van der Waals surface area contributed by atoms with Crippen molar-refractivity contribution in [1.82, 2.24) is 9.38 Å². The van der Waals surface area contributed by atoms with Crippen LogP contribution in [0.15, 0.2) is 34.5 Å². The van der Waals surface area contributed by atoms with Gasteiger partial charge in [0.05, 0.1) is 17.6 Å². The van der Waals surface area contributed by atoms with E-state index in [1.807, 2.05) is 31.2 Å². The molecule has 1 aromatic carbocycles. The molecule has 0 aliphatic heterocycles. The summed E-state index contributed by atoms with van der Waals surface area (Å²) in [5.74, 6) is -0.0896. The summed E-state index contributed by atoms with van der Waals surface area (Å²) in [4.78, 5) is 6.83. The number of nitrogens with two attached hydrogens (primary N) is 2. The van der Waals surface area contributed by atoms with Crippen LogP contribution < -0.4 is 11.5 Å². The molecule has 6 nitrogen and oxygen atoms in total. The minimum absolute atomic E-state index is 0.0896. The number of aryl methyl sites for hydroxylation is 2. The van der Waals surface area contributed by atoms with Crippen LogP contribution in [0.2, 0.25) is 5.02 Å². The number of rotatable bonds is 3. The third-order valence-electron chi connectivity index (χ3n) is 3.44. The molecule has 3 aromatic rings. The Hall–Kier alpha value is -2.38. The first kappa shape index (κ1) is 15.5. The molecule has 0 aliphatic carbocycles. The summed E-state index contributed by atoms with van der Waals surface area (Å²) in [5.41, 5.74) is 14.4. The summed E-state index contributed by atoms with van der Waals surface area (Å²) in [5, 5.41) is 8.30. The monoisotopic (exact) mass is 346 g/mol. The normalized spacial score (nSPS) is 11.4. The molecule has 0 spiro atoms. The third kappa shape index (κ3) is 2.93. The number of nitrogens with zero attached hydrogens (tertiary/aromatic N) is 4. The van der Waals surface area contributed by atoms with Crippen molar-refractivity contribution in [2.24, 2.45) is 21.7 Å². The largest absolute Gasteiger partial charge is 0.369 e. The Morgan fingerprint density at radius 1 is 1.26 bits per heavy atom. The van der Waals surface area contributed by atoms with Crippen molar-refractivity contribution in [3.8, 4) is 11.3 Å². The van der Waals surface area contributed by atoms with Gasteiger partial charge >= 0.3 is 0 Å². The molecule has 3 rings (SSSR count). The highest BCUT2D eigenvalue weighted by Gasteiger charge is 2.17. The molecule has 0 saturated heterocycles. The number of hydrogen-bond acceptors (Lipinski definition) is 4. The second kappa shape index (κ2) is 6.02. The van der Waals surface area contributed by atoms with E-state index in [4.69, 9.17) is 28.1 Å². The summed E-state index contributed by atoms with van der Waals surface area (Å²) < 4.78 is 2.05. The molecule has 2 heterocycles. The van der Waals surface area contributed by atoms with Crippen LogP contribution in [-0.4, -0.2) is 21.6 Å². The molecular formula is C15H15ClN6S. The van der Waals surface area contributed by atoms with Crippen LogP contribution in [0, 0.1) is 13.8 Å². The van der Waals surface area contributed by atoms with E-state index >= 15 is 0 Å². The Labute approximate surface area is 142 Å². The molecular weight excluding hydrogens is 332 g/mol. The van der Waals surface area contributed by atoms with Crippen molar-refractivity contribution in [3.63, 3.8) is 0 Å². The minimum atomic E-state index is -0.0896. The van der Waals surface area contributed by atoms with Crippen molar-refractivity contribution >= 4 is 40.1 Å². The molecule has 0 unspecified atom stereocenters. The maximum Gasteiger partial charge on any atom is 0.211 e. The number of benzene rings is 1. The van der Waals surface area contributed by atoms with Crippen LogP contribution in [0.25, 0.3) is 16.2 Å². The van der Waals surface area contributed by atoms with Gasteiger partial charge in [-0.2, -0.15) is 5.10 Å².